The summed E-state index contributed by atoms with van der Waals surface area (Å²) in [6, 6.07) is 10.5. The van der Waals surface area contributed by atoms with Crippen molar-refractivity contribution in [1.82, 2.24) is 9.78 Å². The predicted octanol–water partition coefficient (Wildman–Crippen LogP) is 3.57. The molecule has 0 radical (unpaired) electrons. The largest absolute Gasteiger partial charge is 0.294 e. The molecule has 0 fully saturated rings. The lowest BCUT2D eigenvalue weighted by atomic mass is 9.93. The molecule has 1 aromatic heterocycles. The maximum Gasteiger partial charge on any atom is 0.166 e. The Kier molecular flexibility index (Phi) is 3.43. The van der Waals surface area contributed by atoms with Crippen LogP contribution in [0.2, 0.25) is 0 Å². The number of Topliss-reactive ketones (excluding diaryl/α,β-unsaturated/α-hetero) is 1. The Morgan fingerprint density at radius 3 is 2.70 bits per heavy atom. The first kappa shape index (κ1) is 13.1. The molecule has 20 heavy (non-hydrogen) atoms. The smallest absolute Gasteiger partial charge is 0.166 e. The van der Waals surface area contributed by atoms with Gasteiger partial charge in [-0.3, -0.25) is 9.48 Å². The molecule has 1 aliphatic rings. The van der Waals surface area contributed by atoms with Crippen LogP contribution in [0.15, 0.2) is 30.3 Å². The number of hydrogen-bond acceptors (Lipinski definition) is 2. The molecule has 1 aromatic carbocycles. The fraction of sp³-hybridized carbons (Fsp3) is 0.412. The number of benzene rings is 1. The quantitative estimate of drug-likeness (QED) is 0.853. The molecule has 1 aliphatic carbocycles. The van der Waals surface area contributed by atoms with E-state index in [1.54, 1.807) is 0 Å². The normalized spacial score (nSPS) is 16.0. The number of rotatable bonds is 3. The van der Waals surface area contributed by atoms with E-state index in [4.69, 9.17) is 5.10 Å². The van der Waals surface area contributed by atoms with Crippen molar-refractivity contribution in [3.05, 3.63) is 52.8 Å². The van der Waals surface area contributed by atoms with E-state index in [0.29, 0.717) is 6.42 Å². The number of carbonyl (C=O) groups is 1. The van der Waals surface area contributed by atoms with Crippen LogP contribution in [-0.2, 0) is 12.8 Å². The second kappa shape index (κ2) is 5.23. The van der Waals surface area contributed by atoms with Crippen molar-refractivity contribution in [2.75, 3.05) is 0 Å². The van der Waals surface area contributed by atoms with Gasteiger partial charge in [-0.15, -0.1) is 0 Å². The zero-order valence-electron chi connectivity index (χ0n) is 12.1. The van der Waals surface area contributed by atoms with E-state index in [9.17, 15) is 4.79 Å². The summed E-state index contributed by atoms with van der Waals surface area (Å²) in [5.74, 6) is 0.273. The lowest BCUT2D eigenvalue weighted by molar-refractivity contribution is 0.0971. The summed E-state index contributed by atoms with van der Waals surface area (Å²) in [5, 5.41) is 4.73. The van der Waals surface area contributed by atoms with Gasteiger partial charge in [-0.1, -0.05) is 37.3 Å². The molecule has 3 nitrogen and oxygen atoms in total. The van der Waals surface area contributed by atoms with Crippen molar-refractivity contribution >= 4 is 5.78 Å². The molecule has 0 N–H and O–H groups in total. The van der Waals surface area contributed by atoms with E-state index in [-0.39, 0.29) is 11.8 Å². The van der Waals surface area contributed by atoms with Gasteiger partial charge in [0.2, 0.25) is 0 Å². The molecule has 3 heteroatoms. The van der Waals surface area contributed by atoms with Crippen LogP contribution in [0.5, 0.6) is 0 Å². The SMILES string of the molecule is CCc1nn(C(C)c2ccccc2)c2c1C(=O)CCC2. The van der Waals surface area contributed by atoms with Gasteiger partial charge in [-0.25, -0.2) is 0 Å². The van der Waals surface area contributed by atoms with Crippen LogP contribution >= 0.6 is 0 Å². The third-order valence-electron chi connectivity index (χ3n) is 4.16. The van der Waals surface area contributed by atoms with Gasteiger partial charge in [-0.05, 0) is 31.7 Å². The van der Waals surface area contributed by atoms with E-state index in [1.165, 1.54) is 5.56 Å². The van der Waals surface area contributed by atoms with E-state index in [1.807, 2.05) is 18.2 Å². The molecule has 1 heterocycles. The Labute approximate surface area is 119 Å². The molecule has 0 bridgehead atoms. The van der Waals surface area contributed by atoms with Crippen molar-refractivity contribution in [1.29, 1.82) is 0 Å². The van der Waals surface area contributed by atoms with Crippen LogP contribution in [0.1, 0.15) is 60.0 Å². The maximum absolute atomic E-state index is 12.2. The van der Waals surface area contributed by atoms with Crippen LogP contribution in [0.3, 0.4) is 0 Å². The summed E-state index contributed by atoms with van der Waals surface area (Å²) in [6.45, 7) is 4.23. The van der Waals surface area contributed by atoms with E-state index < -0.39 is 0 Å². The van der Waals surface area contributed by atoms with Gasteiger partial charge < -0.3 is 0 Å². The maximum atomic E-state index is 12.2. The minimum atomic E-state index is 0.177. The molecule has 0 spiro atoms. The van der Waals surface area contributed by atoms with Gasteiger partial charge in [0.1, 0.15) is 0 Å². The van der Waals surface area contributed by atoms with Crippen LogP contribution < -0.4 is 0 Å². The average molecular weight is 268 g/mol. The van der Waals surface area contributed by atoms with Crippen molar-refractivity contribution in [3.8, 4) is 0 Å². The molecule has 3 rings (SSSR count). The molecule has 2 aromatic rings. The van der Waals surface area contributed by atoms with Gasteiger partial charge in [0.25, 0.3) is 0 Å². The Balaban J connectivity index is 2.09. The number of hydrogen-bond donors (Lipinski definition) is 0. The van der Waals surface area contributed by atoms with Gasteiger partial charge >= 0.3 is 0 Å². The Morgan fingerprint density at radius 1 is 1.25 bits per heavy atom. The van der Waals surface area contributed by atoms with Crippen molar-refractivity contribution < 1.29 is 4.79 Å². The highest BCUT2D eigenvalue weighted by Gasteiger charge is 2.27. The minimum absolute atomic E-state index is 0.177. The Hall–Kier alpha value is -1.90. The minimum Gasteiger partial charge on any atom is -0.294 e. The Bertz CT molecular complexity index is 628. The number of nitrogens with zero attached hydrogens (tertiary/aromatic N) is 2. The number of aromatic nitrogens is 2. The van der Waals surface area contributed by atoms with Crippen LogP contribution in [0.25, 0.3) is 0 Å². The van der Waals surface area contributed by atoms with Crippen molar-refractivity contribution in [2.45, 2.75) is 45.6 Å². The highest BCUT2D eigenvalue weighted by Crippen LogP contribution is 2.29. The van der Waals surface area contributed by atoms with Gasteiger partial charge in [0, 0.05) is 6.42 Å². The lowest BCUT2D eigenvalue weighted by Crippen LogP contribution is -2.17. The second-order valence-electron chi connectivity index (χ2n) is 5.43. The standard InChI is InChI=1S/C17H20N2O/c1-3-14-17-15(10-7-11-16(17)20)19(18-14)12(2)13-8-5-4-6-9-13/h4-6,8-9,12H,3,7,10-11H2,1-2H3. The fourth-order valence-corrected chi connectivity index (χ4v) is 3.06. The fourth-order valence-electron chi connectivity index (χ4n) is 3.06. The predicted molar refractivity (Wildman–Crippen MR) is 79.1 cm³/mol. The zero-order valence-corrected chi connectivity index (χ0v) is 12.1. The molecular weight excluding hydrogens is 248 g/mol. The summed E-state index contributed by atoms with van der Waals surface area (Å²) < 4.78 is 2.07. The van der Waals surface area contributed by atoms with Crippen LogP contribution in [0.4, 0.5) is 0 Å². The van der Waals surface area contributed by atoms with E-state index in [2.05, 4.69) is 30.7 Å². The highest BCUT2D eigenvalue weighted by atomic mass is 16.1. The summed E-state index contributed by atoms with van der Waals surface area (Å²) >= 11 is 0. The molecular formula is C17H20N2O. The average Bonchev–Trinajstić information content (AvgIpc) is 2.87. The van der Waals surface area contributed by atoms with Gasteiger partial charge in [-0.2, -0.15) is 5.10 Å². The first-order chi connectivity index (χ1) is 9.72. The summed E-state index contributed by atoms with van der Waals surface area (Å²) in [6.07, 6.45) is 3.40. The molecule has 0 saturated heterocycles. The Morgan fingerprint density at radius 2 is 2.00 bits per heavy atom. The molecule has 0 aliphatic heterocycles. The first-order valence-corrected chi connectivity index (χ1v) is 7.40. The third kappa shape index (κ3) is 2.07. The first-order valence-electron chi connectivity index (χ1n) is 7.40. The second-order valence-corrected chi connectivity index (χ2v) is 5.43. The third-order valence-corrected chi connectivity index (χ3v) is 4.16. The van der Waals surface area contributed by atoms with E-state index in [0.717, 1.165) is 36.2 Å². The summed E-state index contributed by atoms with van der Waals surface area (Å²) in [5.41, 5.74) is 4.24. The highest BCUT2D eigenvalue weighted by molar-refractivity contribution is 5.99. The summed E-state index contributed by atoms with van der Waals surface area (Å²) in [7, 11) is 0. The number of carbonyl (C=O) groups excluding carboxylic acids is 1. The van der Waals surface area contributed by atoms with Crippen LogP contribution in [0, 0.1) is 0 Å². The van der Waals surface area contributed by atoms with Gasteiger partial charge in [0.05, 0.1) is 23.0 Å². The molecule has 0 amide bonds. The molecule has 104 valence electrons. The van der Waals surface area contributed by atoms with Crippen molar-refractivity contribution in [2.24, 2.45) is 0 Å². The molecule has 1 unspecified atom stereocenters. The molecule has 0 saturated carbocycles. The lowest BCUT2D eigenvalue weighted by Gasteiger charge is -2.18. The zero-order chi connectivity index (χ0) is 14.1. The van der Waals surface area contributed by atoms with Crippen molar-refractivity contribution in [3.63, 3.8) is 0 Å². The topological polar surface area (TPSA) is 34.9 Å². The molecule has 1 atom stereocenters. The number of aryl methyl sites for hydroxylation is 1. The summed E-state index contributed by atoms with van der Waals surface area (Å²) in [4.78, 5) is 12.2. The monoisotopic (exact) mass is 268 g/mol. The van der Waals surface area contributed by atoms with Crippen LogP contribution in [-0.4, -0.2) is 15.6 Å². The van der Waals surface area contributed by atoms with E-state index >= 15 is 0 Å². The number of ketones is 1. The number of fused-ring (bicyclic) bond motifs is 1. The van der Waals surface area contributed by atoms with Gasteiger partial charge in [0.15, 0.2) is 5.78 Å².